The Bertz CT molecular complexity index is 1010. The highest BCUT2D eigenvalue weighted by Gasteiger charge is 2.63. The van der Waals surface area contributed by atoms with Crippen molar-refractivity contribution in [1.29, 1.82) is 5.41 Å². The summed E-state index contributed by atoms with van der Waals surface area (Å²) in [5.41, 5.74) is 1.20. The van der Waals surface area contributed by atoms with Crippen molar-refractivity contribution >= 4 is 29.3 Å². The number of methoxy groups -OCH3 is 1. The van der Waals surface area contributed by atoms with Crippen LogP contribution in [0.4, 0.5) is 5.69 Å². The molecule has 4 saturated carbocycles. The van der Waals surface area contributed by atoms with Crippen LogP contribution in [0.1, 0.15) is 77.2 Å². The van der Waals surface area contributed by atoms with Crippen LogP contribution in [0.3, 0.4) is 0 Å². The summed E-state index contributed by atoms with van der Waals surface area (Å²) in [6.07, 6.45) is 10.9. The standard InChI is InChI=1S/C30H43ClN2O3/c1-28(35)12-13-30(18-36-3)20(15-28)4-6-22-23-7-8-25(29(23,2)11-10-24(22)30)27(34)17-33-26-9-5-21(31)14-19(26)16-32/h5,9,14,16,20,22-25,32-33,35H,4,6-8,10-13,15,17-18H2,1-3H3/t20-,22-,23?,24-,25+,28+,29?,30+/m0/s1. The lowest BCUT2D eigenvalue weighted by molar-refractivity contribution is -0.175. The maximum absolute atomic E-state index is 13.6. The molecule has 0 aliphatic heterocycles. The second-order valence-corrected chi connectivity index (χ2v) is 13.3. The molecular formula is C30H43ClN2O3. The van der Waals surface area contributed by atoms with Crippen LogP contribution in [-0.2, 0) is 9.53 Å². The van der Waals surface area contributed by atoms with Crippen molar-refractivity contribution in [3.63, 3.8) is 0 Å². The fraction of sp³-hybridized carbons (Fsp3) is 0.733. The minimum atomic E-state index is -0.544. The van der Waals surface area contributed by atoms with Gasteiger partial charge in [-0.1, -0.05) is 18.5 Å². The number of benzene rings is 1. The molecule has 4 aliphatic carbocycles. The van der Waals surface area contributed by atoms with E-state index in [0.717, 1.165) is 50.8 Å². The third-order valence-electron chi connectivity index (χ3n) is 11.1. The van der Waals surface area contributed by atoms with Crippen molar-refractivity contribution in [3.8, 4) is 0 Å². The van der Waals surface area contributed by atoms with E-state index in [0.29, 0.717) is 46.6 Å². The van der Waals surface area contributed by atoms with Crippen molar-refractivity contribution in [2.75, 3.05) is 25.6 Å². The zero-order chi connectivity index (χ0) is 25.7. The predicted octanol–water partition coefficient (Wildman–Crippen LogP) is 6.36. The lowest BCUT2D eigenvalue weighted by atomic mass is 9.43. The Morgan fingerprint density at radius 1 is 1.17 bits per heavy atom. The first kappa shape index (κ1) is 26.2. The molecule has 1 aromatic rings. The molecular weight excluding hydrogens is 472 g/mol. The van der Waals surface area contributed by atoms with Gasteiger partial charge in [-0.2, -0.15) is 0 Å². The van der Waals surface area contributed by atoms with Crippen LogP contribution >= 0.6 is 11.6 Å². The highest BCUT2D eigenvalue weighted by atomic mass is 35.5. The molecule has 0 radical (unpaired) electrons. The number of hydrogen-bond donors (Lipinski definition) is 3. The number of rotatable bonds is 7. The molecule has 3 N–H and O–H groups in total. The zero-order valence-corrected chi connectivity index (χ0v) is 22.9. The third-order valence-corrected chi connectivity index (χ3v) is 11.3. The van der Waals surface area contributed by atoms with E-state index in [1.54, 1.807) is 12.1 Å². The van der Waals surface area contributed by atoms with E-state index >= 15 is 0 Å². The molecule has 5 nitrogen and oxygen atoms in total. The fourth-order valence-corrected chi connectivity index (χ4v) is 9.61. The average Bonchev–Trinajstić information content (AvgIpc) is 3.20. The van der Waals surface area contributed by atoms with E-state index in [2.05, 4.69) is 12.2 Å². The van der Waals surface area contributed by atoms with E-state index in [4.69, 9.17) is 21.7 Å². The van der Waals surface area contributed by atoms with Crippen LogP contribution in [0.25, 0.3) is 0 Å². The first-order valence-electron chi connectivity index (χ1n) is 13.9. The molecule has 0 amide bonds. The molecule has 36 heavy (non-hydrogen) atoms. The highest BCUT2D eigenvalue weighted by molar-refractivity contribution is 6.31. The number of Topliss-reactive ketones (excluding diaryl/α,β-unsaturated/α-hetero) is 1. The summed E-state index contributed by atoms with van der Waals surface area (Å²) in [7, 11) is 1.84. The fourth-order valence-electron chi connectivity index (χ4n) is 9.43. The molecule has 0 bridgehead atoms. The third kappa shape index (κ3) is 4.33. The Hall–Kier alpha value is -1.43. The van der Waals surface area contributed by atoms with Crippen molar-refractivity contribution in [1.82, 2.24) is 0 Å². The molecule has 4 aliphatic rings. The molecule has 0 heterocycles. The van der Waals surface area contributed by atoms with Gasteiger partial charge in [-0.3, -0.25) is 4.79 Å². The van der Waals surface area contributed by atoms with Gasteiger partial charge in [-0.25, -0.2) is 0 Å². The number of halogens is 1. The normalized spacial score (nSPS) is 41.6. The zero-order valence-electron chi connectivity index (χ0n) is 22.1. The number of nitrogens with one attached hydrogen (secondary N) is 2. The lowest BCUT2D eigenvalue weighted by Crippen LogP contribution is -2.58. The second kappa shape index (κ2) is 9.71. The number of fused-ring (bicyclic) bond motifs is 5. The van der Waals surface area contributed by atoms with Crippen molar-refractivity contribution in [3.05, 3.63) is 28.8 Å². The van der Waals surface area contributed by atoms with Gasteiger partial charge in [0.1, 0.15) is 0 Å². The lowest BCUT2D eigenvalue weighted by Gasteiger charge is -2.62. The van der Waals surface area contributed by atoms with E-state index in [1.807, 2.05) is 20.1 Å². The van der Waals surface area contributed by atoms with Crippen LogP contribution in [0.15, 0.2) is 18.2 Å². The number of ketones is 1. The summed E-state index contributed by atoms with van der Waals surface area (Å²) >= 11 is 6.08. The van der Waals surface area contributed by atoms with Gasteiger partial charge in [0.15, 0.2) is 5.78 Å². The van der Waals surface area contributed by atoms with Gasteiger partial charge in [0.25, 0.3) is 0 Å². The summed E-state index contributed by atoms with van der Waals surface area (Å²) < 4.78 is 5.89. The van der Waals surface area contributed by atoms with E-state index in [9.17, 15) is 9.90 Å². The SMILES string of the molecule is COC[C@]12CC[C@@](C)(O)C[C@@H]1CC[C@H]1C3CC[C@H](C(=O)CNc4ccc(Cl)cc4C=N)C3(C)CC[C@@H]12. The number of hydrogen-bond acceptors (Lipinski definition) is 5. The first-order valence-corrected chi connectivity index (χ1v) is 14.3. The summed E-state index contributed by atoms with van der Waals surface area (Å²) in [5.74, 6) is 2.83. The maximum atomic E-state index is 13.6. The van der Waals surface area contributed by atoms with Gasteiger partial charge in [0, 0.05) is 35.5 Å². The summed E-state index contributed by atoms with van der Waals surface area (Å²) in [5, 5.41) is 22.4. The number of carbonyl (C=O) groups is 1. The Balaban J connectivity index is 1.32. The quantitative estimate of drug-likeness (QED) is 0.370. The van der Waals surface area contributed by atoms with Gasteiger partial charge >= 0.3 is 0 Å². The monoisotopic (exact) mass is 514 g/mol. The molecule has 1 aromatic carbocycles. The van der Waals surface area contributed by atoms with E-state index in [1.165, 1.54) is 25.5 Å². The molecule has 4 fully saturated rings. The summed E-state index contributed by atoms with van der Waals surface area (Å²) in [6, 6.07) is 5.41. The Kier molecular flexibility index (Phi) is 7.06. The number of aliphatic hydroxyl groups is 1. The Morgan fingerprint density at radius 3 is 2.72 bits per heavy atom. The van der Waals surface area contributed by atoms with Crippen LogP contribution in [0.2, 0.25) is 5.02 Å². The molecule has 8 atom stereocenters. The van der Waals surface area contributed by atoms with Gasteiger partial charge in [0.2, 0.25) is 0 Å². The molecule has 2 unspecified atom stereocenters. The summed E-state index contributed by atoms with van der Waals surface area (Å²) in [6.45, 7) is 5.52. The highest BCUT2D eigenvalue weighted by Crippen LogP contribution is 2.68. The molecule has 6 heteroatoms. The average molecular weight is 515 g/mol. The largest absolute Gasteiger partial charge is 0.390 e. The van der Waals surface area contributed by atoms with Crippen molar-refractivity contribution in [2.24, 2.45) is 40.4 Å². The van der Waals surface area contributed by atoms with Crippen LogP contribution < -0.4 is 5.32 Å². The molecule has 198 valence electrons. The minimum absolute atomic E-state index is 0.0611. The molecule has 0 aromatic heterocycles. The molecule has 5 rings (SSSR count). The summed E-state index contributed by atoms with van der Waals surface area (Å²) in [4.78, 5) is 13.6. The number of anilines is 1. The second-order valence-electron chi connectivity index (χ2n) is 12.9. The topological polar surface area (TPSA) is 82.4 Å². The first-order chi connectivity index (χ1) is 17.1. The smallest absolute Gasteiger partial charge is 0.155 e. The Morgan fingerprint density at radius 2 is 1.97 bits per heavy atom. The van der Waals surface area contributed by atoms with E-state index in [-0.39, 0.29) is 16.7 Å². The molecule has 0 saturated heterocycles. The Labute approximate surface area is 221 Å². The van der Waals surface area contributed by atoms with Gasteiger partial charge in [-0.05, 0) is 117 Å². The molecule has 0 spiro atoms. The number of carbonyl (C=O) groups excluding carboxylic acids is 1. The van der Waals surface area contributed by atoms with Gasteiger partial charge < -0.3 is 20.6 Å². The van der Waals surface area contributed by atoms with Crippen LogP contribution in [0.5, 0.6) is 0 Å². The van der Waals surface area contributed by atoms with Gasteiger partial charge in [-0.15, -0.1) is 0 Å². The van der Waals surface area contributed by atoms with Gasteiger partial charge in [0.05, 0.1) is 18.8 Å². The maximum Gasteiger partial charge on any atom is 0.155 e. The van der Waals surface area contributed by atoms with Crippen molar-refractivity contribution in [2.45, 2.75) is 77.2 Å². The minimum Gasteiger partial charge on any atom is -0.390 e. The van der Waals surface area contributed by atoms with E-state index < -0.39 is 5.60 Å². The van der Waals surface area contributed by atoms with Crippen LogP contribution in [-0.4, -0.2) is 43.0 Å². The van der Waals surface area contributed by atoms with Crippen molar-refractivity contribution < 1.29 is 14.6 Å². The predicted molar refractivity (Wildman–Crippen MR) is 145 cm³/mol. The van der Waals surface area contributed by atoms with Crippen LogP contribution in [0, 0.1) is 45.8 Å². The number of ether oxygens (including phenoxy) is 1.